The molecule has 2 rings (SSSR count). The van der Waals surface area contributed by atoms with Crippen LogP contribution in [0.25, 0.3) is 11.4 Å². The third-order valence-corrected chi connectivity index (χ3v) is 2.08. The van der Waals surface area contributed by atoms with E-state index in [1.165, 1.54) is 6.20 Å². The molecule has 0 saturated carbocycles. The average Bonchev–Trinajstić information content (AvgIpc) is 2.65. The van der Waals surface area contributed by atoms with Gasteiger partial charge in [-0.1, -0.05) is 0 Å². The molecule has 0 saturated heterocycles. The first-order valence-corrected chi connectivity index (χ1v) is 4.42. The Kier molecular flexibility index (Phi) is 3.64. The zero-order valence-corrected chi connectivity index (χ0v) is 9.68. The van der Waals surface area contributed by atoms with Crippen LogP contribution in [0.3, 0.4) is 0 Å². The predicted molar refractivity (Wildman–Crippen MR) is 62.9 cm³/mol. The van der Waals surface area contributed by atoms with E-state index in [-0.39, 0.29) is 23.9 Å². The zero-order valence-electron chi connectivity index (χ0n) is 8.86. The standard InChI is InChI=1S/C9H9N5O2.ClH/c1-14-4-11-3-6(14)5-2-12-8(10)7(13-5)9(15)16;/h2-4H,1H3,(H2,10,12)(H,15,16);1H. The molecule has 7 nitrogen and oxygen atoms in total. The molecule has 0 fully saturated rings. The van der Waals surface area contributed by atoms with Gasteiger partial charge < -0.3 is 15.4 Å². The van der Waals surface area contributed by atoms with Crippen LogP contribution in [-0.2, 0) is 7.05 Å². The maximum absolute atomic E-state index is 10.8. The Balaban J connectivity index is 0.00000144. The molecule has 90 valence electrons. The van der Waals surface area contributed by atoms with Gasteiger partial charge in [-0.3, -0.25) is 0 Å². The number of hydrogen-bond acceptors (Lipinski definition) is 5. The van der Waals surface area contributed by atoms with Crippen molar-refractivity contribution in [2.24, 2.45) is 7.05 Å². The molecule has 3 N–H and O–H groups in total. The Labute approximate surface area is 103 Å². The summed E-state index contributed by atoms with van der Waals surface area (Å²) in [4.78, 5) is 22.5. The van der Waals surface area contributed by atoms with Gasteiger partial charge in [0.1, 0.15) is 5.69 Å². The van der Waals surface area contributed by atoms with Gasteiger partial charge in [0.15, 0.2) is 11.5 Å². The van der Waals surface area contributed by atoms with Crippen molar-refractivity contribution in [3.8, 4) is 11.4 Å². The number of nitrogens with zero attached hydrogens (tertiary/aromatic N) is 4. The van der Waals surface area contributed by atoms with Crippen molar-refractivity contribution in [3.05, 3.63) is 24.4 Å². The summed E-state index contributed by atoms with van der Waals surface area (Å²) in [7, 11) is 1.78. The second kappa shape index (κ2) is 4.79. The van der Waals surface area contributed by atoms with Crippen LogP contribution in [0.5, 0.6) is 0 Å². The third kappa shape index (κ3) is 2.34. The molecule has 0 atom stereocenters. The lowest BCUT2D eigenvalue weighted by Gasteiger charge is -2.03. The lowest BCUT2D eigenvalue weighted by molar-refractivity contribution is 0.0691. The SMILES string of the molecule is Cl.Cn1cncc1-c1cnc(N)c(C(=O)O)n1. The number of hydrogen-bond donors (Lipinski definition) is 2. The molecule has 2 heterocycles. The molecule has 0 unspecified atom stereocenters. The average molecular weight is 256 g/mol. The van der Waals surface area contributed by atoms with E-state index in [9.17, 15) is 4.79 Å². The van der Waals surface area contributed by atoms with Crippen molar-refractivity contribution in [1.29, 1.82) is 0 Å². The van der Waals surface area contributed by atoms with Gasteiger partial charge in [0.2, 0.25) is 0 Å². The van der Waals surface area contributed by atoms with Gasteiger partial charge in [-0.2, -0.15) is 0 Å². The Hall–Kier alpha value is -2.15. The van der Waals surface area contributed by atoms with Gasteiger partial charge in [0.05, 0.1) is 24.4 Å². The van der Waals surface area contributed by atoms with E-state index < -0.39 is 5.97 Å². The Morgan fingerprint density at radius 3 is 2.71 bits per heavy atom. The minimum Gasteiger partial charge on any atom is -0.476 e. The van der Waals surface area contributed by atoms with E-state index in [1.807, 2.05) is 0 Å². The molecule has 0 radical (unpaired) electrons. The summed E-state index contributed by atoms with van der Waals surface area (Å²) in [6, 6.07) is 0. The van der Waals surface area contributed by atoms with Crippen LogP contribution < -0.4 is 5.73 Å². The maximum Gasteiger partial charge on any atom is 0.358 e. The van der Waals surface area contributed by atoms with Gasteiger partial charge in [0.25, 0.3) is 0 Å². The zero-order chi connectivity index (χ0) is 11.7. The summed E-state index contributed by atoms with van der Waals surface area (Å²) >= 11 is 0. The first-order valence-electron chi connectivity index (χ1n) is 4.42. The number of aryl methyl sites for hydroxylation is 1. The fourth-order valence-corrected chi connectivity index (χ4v) is 1.28. The summed E-state index contributed by atoms with van der Waals surface area (Å²) in [5.41, 5.74) is 6.25. The molecular formula is C9H10ClN5O2. The van der Waals surface area contributed by atoms with Crippen molar-refractivity contribution in [1.82, 2.24) is 19.5 Å². The number of halogens is 1. The Morgan fingerprint density at radius 2 is 2.18 bits per heavy atom. The first kappa shape index (κ1) is 12.9. The van der Waals surface area contributed by atoms with Gasteiger partial charge in [0, 0.05) is 7.05 Å². The van der Waals surface area contributed by atoms with Crippen LogP contribution in [0, 0.1) is 0 Å². The summed E-state index contributed by atoms with van der Waals surface area (Å²) < 4.78 is 1.71. The summed E-state index contributed by atoms with van der Waals surface area (Å²) in [6.07, 6.45) is 4.58. The quantitative estimate of drug-likeness (QED) is 0.813. The van der Waals surface area contributed by atoms with Crippen LogP contribution in [0.15, 0.2) is 18.7 Å². The highest BCUT2D eigenvalue weighted by Gasteiger charge is 2.14. The van der Waals surface area contributed by atoms with E-state index in [0.29, 0.717) is 11.4 Å². The molecule has 0 bridgehead atoms. The molecule has 2 aromatic rings. The van der Waals surface area contributed by atoms with Crippen molar-refractivity contribution in [2.45, 2.75) is 0 Å². The highest BCUT2D eigenvalue weighted by atomic mass is 35.5. The number of carboxylic acid groups (broad SMARTS) is 1. The maximum atomic E-state index is 10.8. The van der Waals surface area contributed by atoms with Crippen molar-refractivity contribution >= 4 is 24.2 Å². The lowest BCUT2D eigenvalue weighted by atomic mass is 10.3. The van der Waals surface area contributed by atoms with Crippen LogP contribution in [-0.4, -0.2) is 30.6 Å². The molecular weight excluding hydrogens is 246 g/mol. The third-order valence-electron chi connectivity index (χ3n) is 2.08. The van der Waals surface area contributed by atoms with Gasteiger partial charge in [-0.05, 0) is 0 Å². The van der Waals surface area contributed by atoms with E-state index in [2.05, 4.69) is 15.0 Å². The number of aromatic nitrogens is 4. The number of aromatic carboxylic acids is 1. The van der Waals surface area contributed by atoms with Gasteiger partial charge >= 0.3 is 5.97 Å². The number of imidazole rings is 1. The molecule has 0 aliphatic rings. The molecule has 0 aliphatic heterocycles. The molecule has 8 heteroatoms. The topological polar surface area (TPSA) is 107 Å². The van der Waals surface area contributed by atoms with Crippen LogP contribution in [0.2, 0.25) is 0 Å². The lowest BCUT2D eigenvalue weighted by Crippen LogP contribution is -2.08. The van der Waals surface area contributed by atoms with Crippen molar-refractivity contribution < 1.29 is 9.90 Å². The number of carboxylic acids is 1. The minimum atomic E-state index is -1.20. The van der Waals surface area contributed by atoms with Crippen molar-refractivity contribution in [2.75, 3.05) is 5.73 Å². The fraction of sp³-hybridized carbons (Fsp3) is 0.111. The normalized spacial score (nSPS) is 9.71. The monoisotopic (exact) mass is 255 g/mol. The number of nitrogens with two attached hydrogens (primary N) is 1. The van der Waals surface area contributed by atoms with E-state index >= 15 is 0 Å². The molecule has 0 aromatic carbocycles. The molecule has 0 amide bonds. The van der Waals surface area contributed by atoms with E-state index in [0.717, 1.165) is 0 Å². The number of nitrogen functional groups attached to an aromatic ring is 1. The number of rotatable bonds is 2. The number of anilines is 1. The van der Waals surface area contributed by atoms with Crippen molar-refractivity contribution in [3.63, 3.8) is 0 Å². The second-order valence-electron chi connectivity index (χ2n) is 3.18. The van der Waals surface area contributed by atoms with Gasteiger partial charge in [-0.25, -0.2) is 19.7 Å². The summed E-state index contributed by atoms with van der Waals surface area (Å²) in [5.74, 6) is -1.30. The fourth-order valence-electron chi connectivity index (χ4n) is 1.28. The highest BCUT2D eigenvalue weighted by molar-refractivity contribution is 5.90. The van der Waals surface area contributed by atoms with E-state index in [1.54, 1.807) is 24.1 Å². The summed E-state index contributed by atoms with van der Waals surface area (Å²) in [6.45, 7) is 0. The largest absolute Gasteiger partial charge is 0.476 e. The predicted octanol–water partition coefficient (Wildman–Crippen LogP) is 0.579. The first-order chi connectivity index (χ1) is 7.59. The van der Waals surface area contributed by atoms with Crippen LogP contribution in [0.4, 0.5) is 5.82 Å². The molecule has 0 spiro atoms. The minimum absolute atomic E-state index is 0. The van der Waals surface area contributed by atoms with Gasteiger partial charge in [-0.15, -0.1) is 12.4 Å². The van der Waals surface area contributed by atoms with Crippen LogP contribution in [0.1, 0.15) is 10.5 Å². The van der Waals surface area contributed by atoms with E-state index in [4.69, 9.17) is 10.8 Å². The molecule has 17 heavy (non-hydrogen) atoms. The Bertz CT molecular complexity index is 554. The highest BCUT2D eigenvalue weighted by Crippen LogP contribution is 2.16. The smallest absolute Gasteiger partial charge is 0.358 e. The van der Waals surface area contributed by atoms with Crippen LogP contribution >= 0.6 is 12.4 Å². The summed E-state index contributed by atoms with van der Waals surface area (Å²) in [5, 5.41) is 8.85. The molecule has 2 aromatic heterocycles. The molecule has 0 aliphatic carbocycles. The second-order valence-corrected chi connectivity index (χ2v) is 3.18. The number of carbonyl (C=O) groups is 1. The Morgan fingerprint density at radius 1 is 1.47 bits per heavy atom.